The number of halogens is 1. The molecule has 118 valence electrons. The van der Waals surface area contributed by atoms with Crippen LogP contribution in [0.4, 0.5) is 4.39 Å². The smallest absolute Gasteiger partial charge is 0.136 e. The van der Waals surface area contributed by atoms with E-state index in [9.17, 15) is 4.39 Å². The molecule has 0 spiro atoms. The topological polar surface area (TPSA) is 12.0 Å². The summed E-state index contributed by atoms with van der Waals surface area (Å²) in [4.78, 5) is 0.775. The van der Waals surface area contributed by atoms with E-state index in [1.165, 1.54) is 19.3 Å². The zero-order chi connectivity index (χ0) is 15.2. The Morgan fingerprint density at radius 1 is 1.19 bits per heavy atom. The van der Waals surface area contributed by atoms with Crippen LogP contribution < -0.4 is 5.32 Å². The maximum Gasteiger partial charge on any atom is 0.136 e. The van der Waals surface area contributed by atoms with Crippen LogP contribution in [0.15, 0.2) is 29.2 Å². The van der Waals surface area contributed by atoms with Gasteiger partial charge in [-0.05, 0) is 55.7 Å². The second-order valence-corrected chi connectivity index (χ2v) is 7.64. The van der Waals surface area contributed by atoms with Gasteiger partial charge < -0.3 is 5.32 Å². The van der Waals surface area contributed by atoms with Crippen molar-refractivity contribution in [1.29, 1.82) is 0 Å². The van der Waals surface area contributed by atoms with Crippen LogP contribution >= 0.6 is 11.8 Å². The van der Waals surface area contributed by atoms with Crippen LogP contribution in [0, 0.1) is 23.6 Å². The lowest BCUT2D eigenvalue weighted by Crippen LogP contribution is -2.41. The van der Waals surface area contributed by atoms with Crippen molar-refractivity contribution < 1.29 is 4.39 Å². The van der Waals surface area contributed by atoms with E-state index in [1.807, 2.05) is 12.1 Å². The summed E-state index contributed by atoms with van der Waals surface area (Å²) in [5.74, 6) is 3.22. The lowest BCUT2D eigenvalue weighted by Gasteiger charge is -2.37. The summed E-state index contributed by atoms with van der Waals surface area (Å²) in [5.41, 5.74) is 0. The van der Waals surface area contributed by atoms with Crippen molar-refractivity contribution in [2.45, 2.75) is 51.0 Å². The minimum Gasteiger partial charge on any atom is -0.313 e. The first kappa shape index (κ1) is 16.8. The summed E-state index contributed by atoms with van der Waals surface area (Å²) >= 11 is 1.65. The van der Waals surface area contributed by atoms with Gasteiger partial charge in [-0.3, -0.25) is 0 Å². The Morgan fingerprint density at radius 3 is 2.48 bits per heavy atom. The molecule has 0 heterocycles. The molecule has 1 aliphatic rings. The highest BCUT2D eigenvalue weighted by molar-refractivity contribution is 7.99. The largest absolute Gasteiger partial charge is 0.313 e. The number of benzene rings is 1. The van der Waals surface area contributed by atoms with Crippen molar-refractivity contribution in [2.75, 3.05) is 12.3 Å². The molecule has 1 saturated carbocycles. The fraction of sp³-hybridized carbons (Fsp3) is 0.667. The molecule has 1 nitrogen and oxygen atoms in total. The van der Waals surface area contributed by atoms with E-state index in [2.05, 4.69) is 26.1 Å². The van der Waals surface area contributed by atoms with Gasteiger partial charge in [-0.25, -0.2) is 4.39 Å². The molecule has 0 aliphatic heterocycles. The Labute approximate surface area is 133 Å². The zero-order valence-corrected chi connectivity index (χ0v) is 14.3. The molecular formula is C18H28FNS. The van der Waals surface area contributed by atoms with Crippen molar-refractivity contribution >= 4 is 11.8 Å². The Morgan fingerprint density at radius 2 is 1.86 bits per heavy atom. The molecule has 0 radical (unpaired) electrons. The molecule has 2 rings (SSSR count). The van der Waals surface area contributed by atoms with Gasteiger partial charge in [0, 0.05) is 16.7 Å². The van der Waals surface area contributed by atoms with Crippen LogP contribution in [0.1, 0.15) is 40.0 Å². The highest BCUT2D eigenvalue weighted by Gasteiger charge is 2.29. The molecule has 1 aromatic rings. The number of nitrogens with one attached hydrogen (secondary N) is 1. The second kappa shape index (κ2) is 8.19. The van der Waals surface area contributed by atoms with Gasteiger partial charge in [-0.2, -0.15) is 0 Å². The van der Waals surface area contributed by atoms with E-state index in [0.717, 1.165) is 34.9 Å². The lowest BCUT2D eigenvalue weighted by atomic mass is 9.74. The standard InChI is InChI=1S/C18H28FNS/c1-4-20-17(15-10-13(2)9-14(3)11-15)12-21-18-8-6-5-7-16(18)19/h5-8,13-15,17,20H,4,9-12H2,1-3H3. The monoisotopic (exact) mass is 309 g/mol. The molecule has 1 aromatic carbocycles. The Bertz CT molecular complexity index is 427. The summed E-state index contributed by atoms with van der Waals surface area (Å²) < 4.78 is 13.8. The molecule has 0 aromatic heterocycles. The molecule has 3 unspecified atom stereocenters. The maximum atomic E-state index is 13.8. The molecule has 1 aliphatic carbocycles. The Hall–Kier alpha value is -0.540. The fourth-order valence-electron chi connectivity index (χ4n) is 3.70. The van der Waals surface area contributed by atoms with Gasteiger partial charge in [0.05, 0.1) is 0 Å². The van der Waals surface area contributed by atoms with E-state index >= 15 is 0 Å². The normalized spacial score (nSPS) is 27.5. The van der Waals surface area contributed by atoms with Crippen LogP contribution in [-0.4, -0.2) is 18.3 Å². The first-order valence-electron chi connectivity index (χ1n) is 8.20. The van der Waals surface area contributed by atoms with Crippen LogP contribution in [0.5, 0.6) is 0 Å². The maximum absolute atomic E-state index is 13.8. The summed E-state index contributed by atoms with van der Waals surface area (Å²) in [6.45, 7) is 7.89. The predicted octanol–water partition coefficient (Wildman–Crippen LogP) is 4.97. The summed E-state index contributed by atoms with van der Waals surface area (Å²) in [6.07, 6.45) is 3.97. The molecule has 0 saturated heterocycles. The van der Waals surface area contributed by atoms with Gasteiger partial charge in [-0.1, -0.05) is 32.9 Å². The third kappa shape index (κ3) is 5.00. The van der Waals surface area contributed by atoms with Gasteiger partial charge in [0.2, 0.25) is 0 Å². The molecular weight excluding hydrogens is 281 g/mol. The minimum atomic E-state index is -0.0943. The van der Waals surface area contributed by atoms with Crippen molar-refractivity contribution in [3.05, 3.63) is 30.1 Å². The first-order chi connectivity index (χ1) is 10.1. The van der Waals surface area contributed by atoms with Crippen molar-refractivity contribution in [3.63, 3.8) is 0 Å². The van der Waals surface area contributed by atoms with Gasteiger partial charge >= 0.3 is 0 Å². The third-order valence-corrected chi connectivity index (χ3v) is 5.67. The summed E-state index contributed by atoms with van der Waals surface area (Å²) in [6, 6.07) is 7.60. The van der Waals surface area contributed by atoms with Crippen LogP contribution in [0.25, 0.3) is 0 Å². The van der Waals surface area contributed by atoms with Crippen LogP contribution in [0.3, 0.4) is 0 Å². The van der Waals surface area contributed by atoms with Crippen molar-refractivity contribution in [3.8, 4) is 0 Å². The highest BCUT2D eigenvalue weighted by Crippen LogP contribution is 2.36. The van der Waals surface area contributed by atoms with Crippen molar-refractivity contribution in [1.82, 2.24) is 5.32 Å². The summed E-state index contributed by atoms with van der Waals surface area (Å²) in [7, 11) is 0. The SMILES string of the molecule is CCNC(CSc1ccccc1F)C1CC(C)CC(C)C1. The molecule has 21 heavy (non-hydrogen) atoms. The molecule has 1 N–H and O–H groups in total. The molecule has 0 bridgehead atoms. The van der Waals surface area contributed by atoms with E-state index in [4.69, 9.17) is 0 Å². The van der Waals surface area contributed by atoms with E-state index in [1.54, 1.807) is 23.9 Å². The van der Waals surface area contributed by atoms with Crippen LogP contribution in [-0.2, 0) is 0 Å². The van der Waals surface area contributed by atoms with E-state index in [-0.39, 0.29) is 5.82 Å². The van der Waals surface area contributed by atoms with Gasteiger partial charge in [0.1, 0.15) is 5.82 Å². The van der Waals surface area contributed by atoms with Crippen LogP contribution in [0.2, 0.25) is 0 Å². The minimum absolute atomic E-state index is 0.0943. The van der Waals surface area contributed by atoms with Gasteiger partial charge in [-0.15, -0.1) is 11.8 Å². The predicted molar refractivity (Wildman–Crippen MR) is 90.3 cm³/mol. The number of rotatable bonds is 6. The highest BCUT2D eigenvalue weighted by atomic mass is 32.2. The number of hydrogen-bond acceptors (Lipinski definition) is 2. The fourth-order valence-corrected chi connectivity index (χ4v) is 4.83. The average molecular weight is 309 g/mol. The second-order valence-electron chi connectivity index (χ2n) is 6.58. The Balaban J connectivity index is 1.97. The average Bonchev–Trinajstić information content (AvgIpc) is 2.44. The third-order valence-electron chi connectivity index (χ3n) is 4.51. The van der Waals surface area contributed by atoms with Gasteiger partial charge in [0.15, 0.2) is 0 Å². The Kier molecular flexibility index (Phi) is 6.56. The van der Waals surface area contributed by atoms with E-state index in [0.29, 0.717) is 6.04 Å². The molecule has 0 amide bonds. The lowest BCUT2D eigenvalue weighted by molar-refractivity contribution is 0.185. The van der Waals surface area contributed by atoms with Crippen molar-refractivity contribution in [2.24, 2.45) is 17.8 Å². The summed E-state index contributed by atoms with van der Waals surface area (Å²) in [5, 5.41) is 3.64. The number of thioether (sulfide) groups is 1. The van der Waals surface area contributed by atoms with E-state index < -0.39 is 0 Å². The molecule has 3 atom stereocenters. The first-order valence-corrected chi connectivity index (χ1v) is 9.19. The quantitative estimate of drug-likeness (QED) is 0.745. The molecule has 3 heteroatoms. The molecule has 1 fully saturated rings. The van der Waals surface area contributed by atoms with Gasteiger partial charge in [0.25, 0.3) is 0 Å². The number of hydrogen-bond donors (Lipinski definition) is 1. The zero-order valence-electron chi connectivity index (χ0n) is 13.4.